The number of benzene rings is 1. The van der Waals surface area contributed by atoms with E-state index in [1.807, 2.05) is 18.2 Å². The van der Waals surface area contributed by atoms with E-state index in [9.17, 15) is 4.79 Å². The van der Waals surface area contributed by atoms with Crippen molar-refractivity contribution in [3.8, 4) is 5.75 Å². The molecule has 4 heteroatoms. The Morgan fingerprint density at radius 3 is 2.81 bits per heavy atom. The first-order chi connectivity index (χ1) is 13.2. The summed E-state index contributed by atoms with van der Waals surface area (Å²) in [6, 6.07) is 8.08. The van der Waals surface area contributed by atoms with Crippen LogP contribution in [0.1, 0.15) is 44.1 Å². The quantitative estimate of drug-likeness (QED) is 0.765. The number of hydrogen-bond acceptors (Lipinski definition) is 3. The fourth-order valence-corrected chi connectivity index (χ4v) is 4.94. The second-order valence-electron chi connectivity index (χ2n) is 8.56. The van der Waals surface area contributed by atoms with E-state index < -0.39 is 0 Å². The van der Waals surface area contributed by atoms with E-state index in [0.29, 0.717) is 5.91 Å². The van der Waals surface area contributed by atoms with Gasteiger partial charge in [0, 0.05) is 31.7 Å². The number of amides is 1. The largest absolute Gasteiger partial charge is 0.496 e. The first-order valence-electron chi connectivity index (χ1n) is 10.5. The Morgan fingerprint density at radius 1 is 1.19 bits per heavy atom. The van der Waals surface area contributed by atoms with Gasteiger partial charge in [0.25, 0.3) is 0 Å². The van der Waals surface area contributed by atoms with Crippen LogP contribution < -0.4 is 4.74 Å². The van der Waals surface area contributed by atoms with Gasteiger partial charge in [-0.1, -0.05) is 36.8 Å². The summed E-state index contributed by atoms with van der Waals surface area (Å²) in [4.78, 5) is 17.9. The summed E-state index contributed by atoms with van der Waals surface area (Å²) in [5.41, 5.74) is 0.995. The molecule has 0 unspecified atom stereocenters. The number of nitrogens with zero attached hydrogens (tertiary/aromatic N) is 2. The van der Waals surface area contributed by atoms with Crippen molar-refractivity contribution < 1.29 is 9.53 Å². The van der Waals surface area contributed by atoms with E-state index in [1.165, 1.54) is 25.7 Å². The van der Waals surface area contributed by atoms with Crippen LogP contribution in [0.15, 0.2) is 30.3 Å². The third-order valence-electron chi connectivity index (χ3n) is 6.76. The van der Waals surface area contributed by atoms with Gasteiger partial charge < -0.3 is 9.64 Å². The third-order valence-corrected chi connectivity index (χ3v) is 6.76. The second-order valence-corrected chi connectivity index (χ2v) is 8.56. The first-order valence-corrected chi connectivity index (χ1v) is 10.5. The lowest BCUT2D eigenvalue weighted by molar-refractivity contribution is -0.146. The zero-order chi connectivity index (χ0) is 18.7. The molecule has 4 rings (SSSR count). The Bertz CT molecular complexity index is 697. The number of hydrogen-bond donors (Lipinski definition) is 0. The van der Waals surface area contributed by atoms with Crippen LogP contribution in [0, 0.1) is 11.3 Å². The first kappa shape index (κ1) is 18.5. The summed E-state index contributed by atoms with van der Waals surface area (Å²) < 4.78 is 5.41. The van der Waals surface area contributed by atoms with Crippen LogP contribution in [0.4, 0.5) is 0 Å². The molecule has 0 radical (unpaired) electrons. The molecule has 1 aromatic carbocycles. The average molecular weight is 369 g/mol. The average Bonchev–Trinajstić information content (AvgIpc) is 3.06. The predicted molar refractivity (Wildman–Crippen MR) is 109 cm³/mol. The second kappa shape index (κ2) is 8.05. The van der Waals surface area contributed by atoms with E-state index in [-0.39, 0.29) is 5.41 Å². The van der Waals surface area contributed by atoms with Gasteiger partial charge in [0.1, 0.15) is 5.75 Å². The monoisotopic (exact) mass is 368 g/mol. The Morgan fingerprint density at radius 2 is 2.04 bits per heavy atom. The standard InChI is InChI=1S/C23H32N2O2/c1-27-21-11-3-2-9-20(21)10-5-14-24-16-13-23(18-24)12-6-15-25(22(23)26)17-19-7-4-8-19/h2-3,5,9-11,19H,4,6-8,12-18H2,1H3/b10-5+/t23-/m0/s1. The number of para-hydroxylation sites is 1. The van der Waals surface area contributed by atoms with Gasteiger partial charge in [0.05, 0.1) is 12.5 Å². The zero-order valence-electron chi connectivity index (χ0n) is 16.5. The maximum absolute atomic E-state index is 13.2. The van der Waals surface area contributed by atoms with Crippen LogP contribution in [0.5, 0.6) is 5.75 Å². The number of carbonyl (C=O) groups is 1. The molecule has 4 nitrogen and oxygen atoms in total. The predicted octanol–water partition coefficient (Wildman–Crippen LogP) is 3.82. The Labute approximate surface area is 163 Å². The highest BCUT2D eigenvalue weighted by atomic mass is 16.5. The molecule has 1 saturated carbocycles. The van der Waals surface area contributed by atoms with E-state index in [4.69, 9.17) is 4.74 Å². The van der Waals surface area contributed by atoms with Gasteiger partial charge in [-0.15, -0.1) is 0 Å². The molecule has 0 bridgehead atoms. The lowest BCUT2D eigenvalue weighted by atomic mass is 9.77. The molecule has 0 aromatic heterocycles. The van der Waals surface area contributed by atoms with Crippen LogP contribution in [0.3, 0.4) is 0 Å². The van der Waals surface area contributed by atoms with Crippen molar-refractivity contribution in [1.82, 2.24) is 9.80 Å². The Balaban J connectivity index is 1.34. The maximum Gasteiger partial charge on any atom is 0.230 e. The normalized spacial score (nSPS) is 26.9. The molecule has 1 aromatic rings. The number of carbonyl (C=O) groups excluding carboxylic acids is 1. The lowest BCUT2D eigenvalue weighted by Gasteiger charge is -2.42. The molecule has 1 spiro atoms. The van der Waals surface area contributed by atoms with Gasteiger partial charge in [0.2, 0.25) is 5.91 Å². The summed E-state index contributed by atoms with van der Waals surface area (Å²) in [5, 5.41) is 0. The van der Waals surface area contributed by atoms with Gasteiger partial charge in [-0.2, -0.15) is 0 Å². The van der Waals surface area contributed by atoms with Crippen LogP contribution in [0.2, 0.25) is 0 Å². The third kappa shape index (κ3) is 3.91. The molecular formula is C23H32N2O2. The molecular weight excluding hydrogens is 336 g/mol. The highest BCUT2D eigenvalue weighted by molar-refractivity contribution is 5.84. The summed E-state index contributed by atoms with van der Waals surface area (Å²) in [7, 11) is 1.71. The van der Waals surface area contributed by atoms with Crippen LogP contribution >= 0.6 is 0 Å². The van der Waals surface area contributed by atoms with Gasteiger partial charge in [-0.05, 0) is 50.6 Å². The molecule has 2 heterocycles. The summed E-state index contributed by atoms with van der Waals surface area (Å²) in [6.07, 6.45) is 11.6. The molecule has 3 fully saturated rings. The van der Waals surface area contributed by atoms with Crippen molar-refractivity contribution in [3.63, 3.8) is 0 Å². The van der Waals surface area contributed by atoms with Crippen LogP contribution in [-0.2, 0) is 4.79 Å². The smallest absolute Gasteiger partial charge is 0.230 e. The summed E-state index contributed by atoms with van der Waals surface area (Å²) in [5.74, 6) is 2.11. The highest BCUT2D eigenvalue weighted by Gasteiger charge is 2.48. The molecule has 146 valence electrons. The SMILES string of the molecule is COc1ccccc1/C=C/CN1CC[C@@]2(CCCN(CC3CCC3)C2=O)C1. The zero-order valence-corrected chi connectivity index (χ0v) is 16.5. The maximum atomic E-state index is 13.2. The van der Waals surface area contributed by atoms with Crippen molar-refractivity contribution >= 4 is 12.0 Å². The minimum absolute atomic E-state index is 0.111. The van der Waals surface area contributed by atoms with Crippen molar-refractivity contribution in [1.29, 1.82) is 0 Å². The molecule has 2 saturated heterocycles. The van der Waals surface area contributed by atoms with Crippen LogP contribution in [0.25, 0.3) is 6.08 Å². The molecule has 0 N–H and O–H groups in total. The van der Waals surface area contributed by atoms with Gasteiger partial charge in [-0.3, -0.25) is 9.69 Å². The number of methoxy groups -OCH3 is 1. The minimum atomic E-state index is -0.111. The molecule has 2 aliphatic heterocycles. The van der Waals surface area contributed by atoms with Gasteiger partial charge >= 0.3 is 0 Å². The fraction of sp³-hybridized carbons (Fsp3) is 0.609. The Hall–Kier alpha value is -1.81. The number of rotatable bonds is 6. The topological polar surface area (TPSA) is 32.8 Å². The van der Waals surface area contributed by atoms with Crippen molar-refractivity contribution in [2.24, 2.45) is 11.3 Å². The van der Waals surface area contributed by atoms with E-state index >= 15 is 0 Å². The minimum Gasteiger partial charge on any atom is -0.496 e. The van der Waals surface area contributed by atoms with Crippen molar-refractivity contribution in [3.05, 3.63) is 35.9 Å². The summed E-state index contributed by atoms with van der Waals surface area (Å²) >= 11 is 0. The number of likely N-dealkylation sites (tertiary alicyclic amines) is 2. The lowest BCUT2D eigenvalue weighted by Crippen LogP contribution is -2.51. The van der Waals surface area contributed by atoms with Gasteiger partial charge in [0.15, 0.2) is 0 Å². The highest BCUT2D eigenvalue weighted by Crippen LogP contribution is 2.41. The number of piperidine rings is 1. The van der Waals surface area contributed by atoms with Crippen molar-refractivity contribution in [2.45, 2.75) is 38.5 Å². The Kier molecular flexibility index (Phi) is 5.53. The fourth-order valence-electron chi connectivity index (χ4n) is 4.94. The van der Waals surface area contributed by atoms with E-state index in [2.05, 4.69) is 28.0 Å². The summed E-state index contributed by atoms with van der Waals surface area (Å²) in [6.45, 7) is 4.83. The van der Waals surface area contributed by atoms with E-state index in [1.54, 1.807) is 7.11 Å². The molecule has 1 aliphatic carbocycles. The molecule has 27 heavy (non-hydrogen) atoms. The number of ether oxygens (including phenoxy) is 1. The van der Waals surface area contributed by atoms with Gasteiger partial charge in [-0.25, -0.2) is 0 Å². The van der Waals surface area contributed by atoms with Crippen LogP contribution in [-0.4, -0.2) is 55.5 Å². The molecule has 3 aliphatic rings. The van der Waals surface area contributed by atoms with E-state index in [0.717, 1.165) is 62.8 Å². The molecule has 1 atom stereocenters. The van der Waals surface area contributed by atoms with Crippen molar-refractivity contribution in [2.75, 3.05) is 39.8 Å². The molecule has 1 amide bonds.